The van der Waals surface area contributed by atoms with Crippen molar-refractivity contribution in [1.82, 2.24) is 25.5 Å². The molecule has 0 aliphatic carbocycles. The number of likely N-dealkylation sites (N-methyl/N-ethyl adjacent to an activating group) is 1. The summed E-state index contributed by atoms with van der Waals surface area (Å²) in [7, 11) is 3.19. The van der Waals surface area contributed by atoms with Crippen LogP contribution >= 0.6 is 0 Å². The van der Waals surface area contributed by atoms with Crippen molar-refractivity contribution in [2.24, 2.45) is 5.41 Å². The number of aromatic nitrogens is 2. The van der Waals surface area contributed by atoms with Gasteiger partial charge in [-0.25, -0.2) is 9.97 Å². The number of terminal acetylenes is 1. The summed E-state index contributed by atoms with van der Waals surface area (Å²) in [5.74, 6) is 3.08. The first-order valence-electron chi connectivity index (χ1n) is 14.8. The quantitative estimate of drug-likeness (QED) is 0.238. The maximum absolute atomic E-state index is 13.8. The van der Waals surface area contributed by atoms with Gasteiger partial charge in [-0.3, -0.25) is 14.4 Å². The number of anilines is 3. The van der Waals surface area contributed by atoms with Crippen molar-refractivity contribution in [2.45, 2.75) is 58.7 Å². The summed E-state index contributed by atoms with van der Waals surface area (Å²) in [6.45, 7) is 7.97. The summed E-state index contributed by atoms with van der Waals surface area (Å²) in [5, 5.41) is 12.7. The van der Waals surface area contributed by atoms with Gasteiger partial charge in [0.15, 0.2) is 0 Å². The molecule has 0 bridgehead atoms. The number of likely N-dealkylation sites (tertiary alicyclic amines) is 1. The lowest BCUT2D eigenvalue weighted by Gasteiger charge is -2.36. The first kappa shape index (κ1) is 33.0. The third kappa shape index (κ3) is 7.80. The third-order valence-electron chi connectivity index (χ3n) is 7.72. The molecule has 3 aromatic rings. The number of ether oxygens (including phenoxy) is 2. The molecule has 12 nitrogen and oxygen atoms in total. The van der Waals surface area contributed by atoms with Crippen LogP contribution in [0.25, 0.3) is 10.9 Å². The number of carbonyl (C=O) groups is 3. The molecule has 1 fully saturated rings. The first-order valence-corrected chi connectivity index (χ1v) is 14.8. The highest BCUT2D eigenvalue weighted by Gasteiger charge is 2.42. The van der Waals surface area contributed by atoms with Crippen LogP contribution in [0.3, 0.4) is 0 Å². The van der Waals surface area contributed by atoms with Gasteiger partial charge in [0.1, 0.15) is 42.3 Å². The molecule has 0 saturated carbocycles. The summed E-state index contributed by atoms with van der Waals surface area (Å²) in [6, 6.07) is 8.73. The van der Waals surface area contributed by atoms with Crippen LogP contribution < -0.4 is 30.7 Å². The van der Waals surface area contributed by atoms with E-state index in [1.165, 1.54) is 13.4 Å². The zero-order valence-corrected chi connectivity index (χ0v) is 26.6. The molecule has 12 heteroatoms. The molecule has 238 valence electrons. The molecule has 2 aromatic carbocycles. The number of hydrogen-bond acceptors (Lipinski definition) is 9. The molecule has 1 saturated heterocycles. The molecule has 1 aromatic heterocycles. The lowest BCUT2D eigenvalue weighted by atomic mass is 9.85. The zero-order valence-electron chi connectivity index (χ0n) is 26.6. The Balaban J connectivity index is 1.57. The molecule has 4 N–H and O–H groups in total. The summed E-state index contributed by atoms with van der Waals surface area (Å²) < 4.78 is 11.0. The molecule has 0 radical (unpaired) electrons. The fraction of sp³-hybridized carbons (Fsp3) is 0.424. The van der Waals surface area contributed by atoms with Gasteiger partial charge in [0, 0.05) is 23.7 Å². The van der Waals surface area contributed by atoms with E-state index in [2.05, 4.69) is 37.2 Å². The molecule has 1 aliphatic rings. The molecule has 2 heterocycles. The normalized spacial score (nSPS) is 15.9. The molecular formula is C33H41N7O5. The third-order valence-corrected chi connectivity index (χ3v) is 7.72. The smallest absolute Gasteiger partial charge is 0.247 e. The summed E-state index contributed by atoms with van der Waals surface area (Å²) >= 11 is 0. The van der Waals surface area contributed by atoms with E-state index in [-0.39, 0.29) is 24.3 Å². The zero-order chi connectivity index (χ0) is 32.7. The number of hydrogen-bond donors (Lipinski definition) is 4. The van der Waals surface area contributed by atoms with Crippen LogP contribution in [0.4, 0.5) is 17.2 Å². The van der Waals surface area contributed by atoms with Crippen LogP contribution in [0.1, 0.15) is 40.5 Å². The Kier molecular flexibility index (Phi) is 10.5. The van der Waals surface area contributed by atoms with E-state index in [0.29, 0.717) is 53.3 Å². The van der Waals surface area contributed by atoms with Crippen LogP contribution in [0.2, 0.25) is 0 Å². The van der Waals surface area contributed by atoms with Gasteiger partial charge in [-0.2, -0.15) is 0 Å². The number of benzene rings is 2. The topological polar surface area (TPSA) is 147 Å². The van der Waals surface area contributed by atoms with Crippen molar-refractivity contribution in [1.29, 1.82) is 0 Å². The highest BCUT2D eigenvalue weighted by atomic mass is 16.5. The van der Waals surface area contributed by atoms with E-state index in [4.69, 9.17) is 15.9 Å². The summed E-state index contributed by atoms with van der Waals surface area (Å²) in [5.41, 5.74) is 1.19. The van der Waals surface area contributed by atoms with Crippen LogP contribution in [0.5, 0.6) is 11.5 Å². The van der Waals surface area contributed by atoms with Crippen molar-refractivity contribution in [3.8, 4) is 23.8 Å². The molecule has 3 amide bonds. The Morgan fingerprint density at radius 3 is 2.53 bits per heavy atom. The summed E-state index contributed by atoms with van der Waals surface area (Å²) in [6.07, 6.45) is 7.85. The van der Waals surface area contributed by atoms with Gasteiger partial charge in [0.2, 0.25) is 17.7 Å². The SMILES string of the molecule is C#CCOc1ccc(Nc2ncnc3cc(OC)c(NC(=O)C4CCCN4C(=O)C(NC(=O)C(C)NC)C(C)(C)C)cc23)cc1. The van der Waals surface area contributed by atoms with Gasteiger partial charge in [-0.1, -0.05) is 26.7 Å². The van der Waals surface area contributed by atoms with Gasteiger partial charge in [-0.05, 0) is 62.6 Å². The van der Waals surface area contributed by atoms with Gasteiger partial charge in [-0.15, -0.1) is 6.42 Å². The van der Waals surface area contributed by atoms with Crippen LogP contribution in [-0.4, -0.2) is 78.0 Å². The molecular weight excluding hydrogens is 574 g/mol. The molecule has 3 unspecified atom stereocenters. The average molecular weight is 616 g/mol. The monoisotopic (exact) mass is 615 g/mol. The van der Waals surface area contributed by atoms with E-state index in [9.17, 15) is 14.4 Å². The second kappa shape index (κ2) is 14.3. The Morgan fingerprint density at radius 2 is 1.89 bits per heavy atom. The number of carbonyl (C=O) groups excluding carboxylic acids is 3. The minimum absolute atomic E-state index is 0.177. The van der Waals surface area contributed by atoms with Gasteiger partial charge in [0.05, 0.1) is 24.4 Å². The van der Waals surface area contributed by atoms with E-state index in [1.54, 1.807) is 43.1 Å². The lowest BCUT2D eigenvalue weighted by molar-refractivity contribution is -0.143. The number of nitrogens with zero attached hydrogens (tertiary/aromatic N) is 3. The van der Waals surface area contributed by atoms with E-state index in [1.807, 2.05) is 32.9 Å². The second-order valence-corrected chi connectivity index (χ2v) is 11.9. The lowest BCUT2D eigenvalue weighted by Crippen LogP contribution is -2.59. The van der Waals surface area contributed by atoms with Crippen LogP contribution in [0.15, 0.2) is 42.7 Å². The predicted octanol–water partition coefficient (Wildman–Crippen LogP) is 3.46. The molecule has 4 rings (SSSR count). The fourth-order valence-corrected chi connectivity index (χ4v) is 5.08. The van der Waals surface area contributed by atoms with Gasteiger partial charge < -0.3 is 35.6 Å². The molecule has 1 aliphatic heterocycles. The van der Waals surface area contributed by atoms with Crippen molar-refractivity contribution < 1.29 is 23.9 Å². The Bertz CT molecular complexity index is 1580. The van der Waals surface area contributed by atoms with Crippen LogP contribution in [-0.2, 0) is 14.4 Å². The van der Waals surface area contributed by atoms with Crippen molar-refractivity contribution >= 4 is 45.8 Å². The van der Waals surface area contributed by atoms with Crippen molar-refractivity contribution in [2.75, 3.05) is 37.9 Å². The number of nitrogens with one attached hydrogen (secondary N) is 4. The first-order chi connectivity index (χ1) is 21.5. The van der Waals surface area contributed by atoms with Gasteiger partial charge in [0.25, 0.3) is 0 Å². The largest absolute Gasteiger partial charge is 0.494 e. The van der Waals surface area contributed by atoms with E-state index in [0.717, 1.165) is 5.69 Å². The summed E-state index contributed by atoms with van der Waals surface area (Å²) in [4.78, 5) is 50.7. The highest BCUT2D eigenvalue weighted by molar-refractivity contribution is 6.03. The number of rotatable bonds is 11. The average Bonchev–Trinajstić information content (AvgIpc) is 3.52. The van der Waals surface area contributed by atoms with E-state index >= 15 is 0 Å². The number of fused-ring (bicyclic) bond motifs is 1. The standard InChI is InChI=1S/C33H41N7O5/c1-8-16-45-22-13-11-21(12-14-22)37-29-23-17-25(27(44-7)18-24(23)35-19-36-29)38-31(42)26-10-9-15-40(26)32(43)28(33(3,4)5)39-30(41)20(2)34-6/h1,11-14,17-20,26,28,34H,9-10,15-16H2,2-7H3,(H,38,42)(H,39,41)(H,35,36,37). The molecule has 3 atom stereocenters. The Labute approximate surface area is 263 Å². The second-order valence-electron chi connectivity index (χ2n) is 11.9. The Morgan fingerprint density at radius 1 is 1.16 bits per heavy atom. The van der Waals surface area contributed by atoms with E-state index < -0.39 is 23.5 Å². The molecule has 0 spiro atoms. The number of amides is 3. The highest BCUT2D eigenvalue weighted by Crippen LogP contribution is 2.34. The van der Waals surface area contributed by atoms with Crippen molar-refractivity contribution in [3.63, 3.8) is 0 Å². The minimum Gasteiger partial charge on any atom is -0.494 e. The maximum atomic E-state index is 13.8. The maximum Gasteiger partial charge on any atom is 0.247 e. The minimum atomic E-state index is -0.812. The number of methoxy groups -OCH3 is 1. The van der Waals surface area contributed by atoms with Crippen molar-refractivity contribution in [3.05, 3.63) is 42.7 Å². The predicted molar refractivity (Wildman–Crippen MR) is 173 cm³/mol. The Hall–Kier alpha value is -4.89. The van der Waals surface area contributed by atoms with Gasteiger partial charge >= 0.3 is 0 Å². The fourth-order valence-electron chi connectivity index (χ4n) is 5.08. The van der Waals surface area contributed by atoms with Crippen LogP contribution in [0, 0.1) is 17.8 Å². The molecule has 45 heavy (non-hydrogen) atoms.